The van der Waals surface area contributed by atoms with Crippen LogP contribution < -0.4 is 9.64 Å². The Balaban J connectivity index is 1.30. The van der Waals surface area contributed by atoms with Gasteiger partial charge < -0.3 is 9.84 Å². The molecule has 0 aliphatic carbocycles. The van der Waals surface area contributed by atoms with Gasteiger partial charge in [0.05, 0.1) is 17.3 Å². The molecule has 3 aromatic carbocycles. The molecule has 1 aliphatic heterocycles. The number of ether oxygens (including phenoxy) is 1. The van der Waals surface area contributed by atoms with Crippen LogP contribution in [0.1, 0.15) is 34.1 Å². The van der Waals surface area contributed by atoms with Crippen LogP contribution >= 0.6 is 34.7 Å². The van der Waals surface area contributed by atoms with E-state index >= 15 is 0 Å². The molecule has 4 heterocycles. The van der Waals surface area contributed by atoms with Crippen LogP contribution in [0.25, 0.3) is 11.4 Å². The first-order valence-corrected chi connectivity index (χ1v) is 16.8. The van der Waals surface area contributed by atoms with Crippen molar-refractivity contribution in [1.82, 2.24) is 19.6 Å². The highest BCUT2D eigenvalue weighted by atomic mass is 35.5. The lowest BCUT2D eigenvalue weighted by Gasteiger charge is -2.23. The largest absolute Gasteiger partial charge is 0.505 e. The van der Waals surface area contributed by atoms with Crippen LogP contribution in [0.4, 0.5) is 5.13 Å². The van der Waals surface area contributed by atoms with Gasteiger partial charge in [-0.15, -0.1) is 10.2 Å². The molecular formula is C35H26ClN5O4S2. The normalized spacial score (nSPS) is 15.9. The molecule has 0 spiro atoms. The van der Waals surface area contributed by atoms with Crippen molar-refractivity contribution in [2.75, 3.05) is 4.90 Å². The highest BCUT2D eigenvalue weighted by Gasteiger charge is 2.49. The number of imidazole rings is 1. The van der Waals surface area contributed by atoms with Crippen LogP contribution in [-0.2, 0) is 21.9 Å². The number of aliphatic hydroxyl groups excluding tert-OH is 1. The van der Waals surface area contributed by atoms with E-state index in [4.69, 9.17) is 16.3 Å². The van der Waals surface area contributed by atoms with Crippen molar-refractivity contribution in [2.45, 2.75) is 29.7 Å². The fourth-order valence-corrected chi connectivity index (χ4v) is 7.65. The summed E-state index contributed by atoms with van der Waals surface area (Å²) in [4.78, 5) is 33.6. The van der Waals surface area contributed by atoms with Gasteiger partial charge in [-0.05, 0) is 53.9 Å². The molecule has 1 unspecified atom stereocenters. The number of benzene rings is 3. The van der Waals surface area contributed by atoms with Gasteiger partial charge >= 0.3 is 5.91 Å². The van der Waals surface area contributed by atoms with E-state index in [9.17, 15) is 14.7 Å². The lowest BCUT2D eigenvalue weighted by Crippen LogP contribution is -2.29. The molecule has 7 rings (SSSR count). The van der Waals surface area contributed by atoms with E-state index in [0.29, 0.717) is 50.1 Å². The highest BCUT2D eigenvalue weighted by molar-refractivity contribution is 8.00. The van der Waals surface area contributed by atoms with Gasteiger partial charge in [-0.2, -0.15) is 0 Å². The number of nitrogens with zero attached hydrogens (tertiary/aromatic N) is 5. The molecule has 3 aromatic heterocycles. The molecule has 0 bridgehead atoms. The Morgan fingerprint density at radius 2 is 1.77 bits per heavy atom. The summed E-state index contributed by atoms with van der Waals surface area (Å²) in [7, 11) is 0. The zero-order chi connectivity index (χ0) is 32.5. The summed E-state index contributed by atoms with van der Waals surface area (Å²) >= 11 is 8.96. The summed E-state index contributed by atoms with van der Waals surface area (Å²) in [6.45, 7) is 2.08. The molecule has 6 aromatic rings. The lowest BCUT2D eigenvalue weighted by atomic mass is 9.96. The van der Waals surface area contributed by atoms with Crippen molar-refractivity contribution in [3.05, 3.63) is 142 Å². The summed E-state index contributed by atoms with van der Waals surface area (Å²) < 4.78 is 8.39. The number of halogens is 1. The van der Waals surface area contributed by atoms with Crippen LogP contribution in [0, 0.1) is 6.92 Å². The van der Waals surface area contributed by atoms with E-state index in [2.05, 4.69) is 15.2 Å². The van der Waals surface area contributed by atoms with E-state index in [1.165, 1.54) is 28.0 Å². The number of hydrogen-bond acceptors (Lipinski definition) is 9. The molecule has 0 radical (unpaired) electrons. The number of amides is 1. The number of hydrogen-bond donors (Lipinski definition) is 1. The Bertz CT molecular complexity index is 2160. The number of ketones is 1. The number of anilines is 1. The quantitative estimate of drug-likeness (QED) is 0.0546. The Morgan fingerprint density at radius 3 is 2.60 bits per heavy atom. The molecule has 1 atom stereocenters. The van der Waals surface area contributed by atoms with Crippen LogP contribution in [0.15, 0.2) is 113 Å². The zero-order valence-electron chi connectivity index (χ0n) is 24.9. The van der Waals surface area contributed by atoms with Gasteiger partial charge in [0.2, 0.25) is 5.13 Å². The topological polar surface area (TPSA) is 110 Å². The van der Waals surface area contributed by atoms with Crippen LogP contribution in [0.5, 0.6) is 5.75 Å². The summed E-state index contributed by atoms with van der Waals surface area (Å²) in [6.07, 6.45) is 1.75. The Hall–Kier alpha value is -4.97. The second kappa shape index (κ2) is 13.0. The van der Waals surface area contributed by atoms with Crippen molar-refractivity contribution in [2.24, 2.45) is 0 Å². The molecule has 0 saturated carbocycles. The predicted molar refractivity (Wildman–Crippen MR) is 183 cm³/mol. The van der Waals surface area contributed by atoms with Gasteiger partial charge in [-0.3, -0.25) is 18.9 Å². The third-order valence-electron chi connectivity index (χ3n) is 7.71. The number of rotatable bonds is 9. The number of aliphatic hydroxyl groups is 1. The molecule has 1 saturated heterocycles. The van der Waals surface area contributed by atoms with Crippen LogP contribution in [-0.4, -0.2) is 36.4 Å². The summed E-state index contributed by atoms with van der Waals surface area (Å²) in [5, 5.41) is 21.4. The van der Waals surface area contributed by atoms with Crippen molar-refractivity contribution >= 4 is 62.9 Å². The summed E-state index contributed by atoms with van der Waals surface area (Å²) in [5.41, 5.74) is 3.83. The van der Waals surface area contributed by atoms with Gasteiger partial charge in [-0.25, -0.2) is 4.98 Å². The number of carbonyl (C=O) groups excluding carboxylic acids is 2. The lowest BCUT2D eigenvalue weighted by molar-refractivity contribution is -0.132. The molecular weight excluding hydrogens is 654 g/mol. The number of fused-ring (bicyclic) bond motifs is 1. The van der Waals surface area contributed by atoms with E-state index in [1.807, 2.05) is 66.7 Å². The van der Waals surface area contributed by atoms with Crippen LogP contribution in [0.3, 0.4) is 0 Å². The minimum Gasteiger partial charge on any atom is -0.505 e. The van der Waals surface area contributed by atoms with Gasteiger partial charge in [0.25, 0.3) is 5.78 Å². The number of thioether (sulfide) groups is 1. The third kappa shape index (κ3) is 6.00. The Kier molecular flexibility index (Phi) is 8.50. The molecule has 9 nitrogen and oxygen atoms in total. The molecule has 1 fully saturated rings. The minimum absolute atomic E-state index is 0.0792. The maximum absolute atomic E-state index is 13.9. The second-order valence-electron chi connectivity index (χ2n) is 10.7. The number of aryl methyl sites for hydroxylation is 1. The average Bonchev–Trinajstić information content (AvgIpc) is 3.77. The first-order chi connectivity index (χ1) is 22.9. The SMILES string of the molecule is Cc1nc2ccccn2c1/C(O)=C1\C(=O)C(=O)N(c2nnc(SCc3ccccc3Cl)s2)C1c1cccc(OCc2ccccc2)c1. The standard InChI is InChI=1S/C35H26ClN5O4S2/c1-21-29(40-17-8-7-16-27(40)37-21)31(42)28-30(23-13-9-14-25(18-23)45-19-22-10-3-2-4-11-22)41(33(44)32(28)43)34-38-39-35(47-34)46-20-24-12-5-6-15-26(24)36/h2-18,30,42H,19-20H2,1H3/b31-28+. The molecule has 234 valence electrons. The minimum atomic E-state index is -1.02. The van der Waals surface area contributed by atoms with Crippen LogP contribution in [0.2, 0.25) is 5.02 Å². The third-order valence-corrected chi connectivity index (χ3v) is 10.2. The number of carbonyl (C=O) groups is 2. The van der Waals surface area contributed by atoms with E-state index in [0.717, 1.165) is 11.1 Å². The number of pyridine rings is 1. The number of aromatic nitrogens is 4. The fourth-order valence-electron chi connectivity index (χ4n) is 5.50. The zero-order valence-corrected chi connectivity index (χ0v) is 27.3. The van der Waals surface area contributed by atoms with E-state index in [1.54, 1.807) is 47.9 Å². The second-order valence-corrected chi connectivity index (χ2v) is 13.3. The Labute approximate surface area is 283 Å². The van der Waals surface area contributed by atoms with Crippen molar-refractivity contribution < 1.29 is 19.4 Å². The smallest absolute Gasteiger partial charge is 0.301 e. The van der Waals surface area contributed by atoms with Gasteiger partial charge in [0, 0.05) is 17.0 Å². The fraction of sp³-hybridized carbons (Fsp3) is 0.114. The predicted octanol–water partition coefficient (Wildman–Crippen LogP) is 7.65. The molecule has 1 aliphatic rings. The van der Waals surface area contributed by atoms with Gasteiger partial charge in [0.15, 0.2) is 10.1 Å². The maximum atomic E-state index is 13.9. The van der Waals surface area contributed by atoms with E-state index in [-0.39, 0.29) is 16.5 Å². The highest BCUT2D eigenvalue weighted by Crippen LogP contribution is 2.45. The van der Waals surface area contributed by atoms with Crippen molar-refractivity contribution in [3.8, 4) is 5.75 Å². The van der Waals surface area contributed by atoms with E-state index < -0.39 is 17.7 Å². The summed E-state index contributed by atoms with van der Waals surface area (Å²) in [6, 6.07) is 28.9. The Morgan fingerprint density at radius 1 is 0.979 bits per heavy atom. The first-order valence-electron chi connectivity index (χ1n) is 14.6. The molecule has 12 heteroatoms. The molecule has 1 amide bonds. The summed E-state index contributed by atoms with van der Waals surface area (Å²) in [5.74, 6) is -0.909. The monoisotopic (exact) mass is 679 g/mol. The van der Waals surface area contributed by atoms with Gasteiger partial charge in [-0.1, -0.05) is 101 Å². The first kappa shape index (κ1) is 30.7. The van der Waals surface area contributed by atoms with Crippen molar-refractivity contribution in [3.63, 3.8) is 0 Å². The van der Waals surface area contributed by atoms with Crippen molar-refractivity contribution in [1.29, 1.82) is 0 Å². The number of Topliss-reactive ketones (excluding diaryl/α,β-unsaturated/α-hetero) is 1. The molecule has 1 N–H and O–H groups in total. The van der Waals surface area contributed by atoms with Gasteiger partial charge in [0.1, 0.15) is 23.7 Å². The average molecular weight is 680 g/mol. The maximum Gasteiger partial charge on any atom is 0.301 e. The molecule has 47 heavy (non-hydrogen) atoms.